The topological polar surface area (TPSA) is 0 Å². The third-order valence-corrected chi connectivity index (χ3v) is 2.82. The van der Waals surface area contributed by atoms with Gasteiger partial charge in [0.25, 0.3) is 0 Å². The zero-order chi connectivity index (χ0) is 8.49. The summed E-state index contributed by atoms with van der Waals surface area (Å²) >= 11 is 0. The predicted octanol–water partition coefficient (Wildman–Crippen LogP) is 1.12. The fourth-order valence-corrected chi connectivity index (χ4v) is 1.96. The minimum Gasteiger partial charge on any atom is -1.00 e. The molecule has 1 fully saturated rings. The van der Waals surface area contributed by atoms with Crippen molar-refractivity contribution >= 4 is 23.1 Å². The van der Waals surface area contributed by atoms with Gasteiger partial charge in [-0.25, -0.2) is 0 Å². The Balaban J connectivity index is 0. The average molecular weight is 272 g/mol. The van der Waals surface area contributed by atoms with Crippen LogP contribution < -0.4 is 17.0 Å². The molecule has 0 aromatic carbocycles. The van der Waals surface area contributed by atoms with Crippen molar-refractivity contribution in [1.82, 2.24) is 0 Å². The fraction of sp³-hybridized carbons (Fsp3) is 0.917. The summed E-state index contributed by atoms with van der Waals surface area (Å²) < 4.78 is 0. The van der Waals surface area contributed by atoms with E-state index in [1.165, 1.54) is 70.6 Å². The SMILES string of the molecule is [Br-].[CH-]1CCCCCCCCCCC1.[Mg+2]. The molecule has 0 aliphatic heterocycles. The molecule has 0 unspecified atom stereocenters. The van der Waals surface area contributed by atoms with Crippen LogP contribution in [0.4, 0.5) is 0 Å². The number of hydrogen-bond donors (Lipinski definition) is 0. The van der Waals surface area contributed by atoms with Gasteiger partial charge in [-0.3, -0.25) is 0 Å². The second-order valence-corrected chi connectivity index (χ2v) is 4.05. The molecule has 0 radical (unpaired) electrons. The third-order valence-electron chi connectivity index (χ3n) is 2.82. The molecule has 0 aromatic heterocycles. The van der Waals surface area contributed by atoms with E-state index in [1.807, 2.05) is 0 Å². The molecule has 2 heteroatoms. The quantitative estimate of drug-likeness (QED) is 0.457. The minimum atomic E-state index is 0. The Labute approximate surface area is 117 Å². The standard InChI is InChI=1S/C12H23.BrH.Mg/c1-2-4-6-8-10-12-11-9-7-5-3-1;;/h1H,2-12H2;1H;/q-1;;+2/p-1. The van der Waals surface area contributed by atoms with Gasteiger partial charge in [0.05, 0.1) is 0 Å². The van der Waals surface area contributed by atoms with E-state index in [1.54, 1.807) is 0 Å². The maximum atomic E-state index is 2.50. The molecule has 1 aliphatic rings. The first-order chi connectivity index (χ1) is 6.00. The molecule has 0 saturated heterocycles. The largest absolute Gasteiger partial charge is 2.00 e. The van der Waals surface area contributed by atoms with Gasteiger partial charge in [-0.15, -0.1) is 0 Å². The molecule has 14 heavy (non-hydrogen) atoms. The van der Waals surface area contributed by atoms with E-state index in [0.717, 1.165) is 0 Å². The van der Waals surface area contributed by atoms with E-state index >= 15 is 0 Å². The van der Waals surface area contributed by atoms with Gasteiger partial charge in [-0.2, -0.15) is 12.8 Å². The Morgan fingerprint density at radius 1 is 0.500 bits per heavy atom. The maximum Gasteiger partial charge on any atom is 2.00 e. The second kappa shape index (κ2) is 14.2. The Morgan fingerprint density at radius 3 is 1.14 bits per heavy atom. The molecule has 0 spiro atoms. The summed E-state index contributed by atoms with van der Waals surface area (Å²) in [6, 6.07) is 0. The first kappa shape index (κ1) is 17.6. The van der Waals surface area contributed by atoms with Crippen LogP contribution in [0.2, 0.25) is 0 Å². The molecule has 1 rings (SSSR count). The van der Waals surface area contributed by atoms with Gasteiger partial charge >= 0.3 is 23.1 Å². The van der Waals surface area contributed by atoms with E-state index in [4.69, 9.17) is 0 Å². The van der Waals surface area contributed by atoms with Gasteiger partial charge in [-0.05, 0) is 0 Å². The van der Waals surface area contributed by atoms with Crippen molar-refractivity contribution < 1.29 is 17.0 Å². The molecule has 80 valence electrons. The summed E-state index contributed by atoms with van der Waals surface area (Å²) in [5.74, 6) is 0. The minimum absolute atomic E-state index is 0. The molecule has 0 atom stereocenters. The molecule has 0 heterocycles. The third kappa shape index (κ3) is 11.3. The summed E-state index contributed by atoms with van der Waals surface area (Å²) in [5, 5.41) is 0. The molecule has 0 amide bonds. The van der Waals surface area contributed by atoms with E-state index in [0.29, 0.717) is 0 Å². The Hall–Kier alpha value is 1.25. The fourth-order valence-electron chi connectivity index (χ4n) is 1.96. The summed E-state index contributed by atoms with van der Waals surface area (Å²) in [5.41, 5.74) is 0. The van der Waals surface area contributed by atoms with Gasteiger partial charge in [0.15, 0.2) is 0 Å². The van der Waals surface area contributed by atoms with Crippen LogP contribution in [-0.2, 0) is 0 Å². The van der Waals surface area contributed by atoms with Crippen molar-refractivity contribution in [2.24, 2.45) is 0 Å². The number of hydrogen-bond acceptors (Lipinski definition) is 0. The van der Waals surface area contributed by atoms with Gasteiger partial charge in [0.1, 0.15) is 0 Å². The van der Waals surface area contributed by atoms with Crippen LogP contribution in [0.1, 0.15) is 70.6 Å². The van der Waals surface area contributed by atoms with Crippen LogP contribution in [0.3, 0.4) is 0 Å². The van der Waals surface area contributed by atoms with Crippen molar-refractivity contribution in [2.45, 2.75) is 70.6 Å². The van der Waals surface area contributed by atoms with Gasteiger partial charge in [0.2, 0.25) is 0 Å². The first-order valence-electron chi connectivity index (χ1n) is 5.82. The van der Waals surface area contributed by atoms with E-state index < -0.39 is 0 Å². The maximum absolute atomic E-state index is 2.50. The Bertz CT molecular complexity index is 53.3. The zero-order valence-electron chi connectivity index (χ0n) is 9.44. The molecule has 1 aliphatic carbocycles. The summed E-state index contributed by atoms with van der Waals surface area (Å²) in [6.07, 6.45) is 18.5. The molecule has 0 bridgehead atoms. The number of rotatable bonds is 0. The van der Waals surface area contributed by atoms with Gasteiger partial charge in [0, 0.05) is 0 Å². The van der Waals surface area contributed by atoms with Crippen LogP contribution in [-0.4, -0.2) is 23.1 Å². The van der Waals surface area contributed by atoms with Crippen LogP contribution in [0.15, 0.2) is 0 Å². The predicted molar refractivity (Wildman–Crippen MR) is 60.8 cm³/mol. The van der Waals surface area contributed by atoms with Crippen molar-refractivity contribution in [2.75, 3.05) is 0 Å². The molecular formula is C12H23BrMg. The smallest absolute Gasteiger partial charge is 1.00 e. The monoisotopic (exact) mass is 270 g/mol. The second-order valence-electron chi connectivity index (χ2n) is 4.05. The van der Waals surface area contributed by atoms with Crippen LogP contribution >= 0.6 is 0 Å². The van der Waals surface area contributed by atoms with E-state index in [2.05, 4.69) is 6.42 Å². The van der Waals surface area contributed by atoms with Gasteiger partial charge < -0.3 is 23.4 Å². The van der Waals surface area contributed by atoms with Crippen molar-refractivity contribution in [3.8, 4) is 0 Å². The van der Waals surface area contributed by atoms with E-state index in [9.17, 15) is 0 Å². The van der Waals surface area contributed by atoms with Gasteiger partial charge in [-0.1, -0.05) is 57.8 Å². The Morgan fingerprint density at radius 2 is 0.786 bits per heavy atom. The zero-order valence-corrected chi connectivity index (χ0v) is 12.4. The summed E-state index contributed by atoms with van der Waals surface area (Å²) in [6.45, 7) is 0. The average Bonchev–Trinajstić information content (AvgIpc) is 2.05. The van der Waals surface area contributed by atoms with Crippen molar-refractivity contribution in [3.63, 3.8) is 0 Å². The molecular weight excluding hydrogens is 248 g/mol. The van der Waals surface area contributed by atoms with E-state index in [-0.39, 0.29) is 40.0 Å². The number of halogens is 1. The molecule has 0 nitrogen and oxygen atoms in total. The van der Waals surface area contributed by atoms with Crippen LogP contribution in [0, 0.1) is 6.42 Å². The molecule has 0 N–H and O–H groups in total. The molecule has 0 aromatic rings. The van der Waals surface area contributed by atoms with Crippen molar-refractivity contribution in [1.29, 1.82) is 0 Å². The normalized spacial score (nSPS) is 20.6. The Kier molecular flexibility index (Phi) is 17.9. The van der Waals surface area contributed by atoms with Crippen molar-refractivity contribution in [3.05, 3.63) is 6.42 Å². The summed E-state index contributed by atoms with van der Waals surface area (Å²) in [4.78, 5) is 0. The van der Waals surface area contributed by atoms with Crippen LogP contribution in [0.25, 0.3) is 0 Å². The summed E-state index contributed by atoms with van der Waals surface area (Å²) in [7, 11) is 0. The first-order valence-corrected chi connectivity index (χ1v) is 5.82. The van der Waals surface area contributed by atoms with Crippen LogP contribution in [0.5, 0.6) is 0 Å². The molecule has 1 saturated carbocycles.